The average molecular weight is 339 g/mol. The maximum absolute atomic E-state index is 9.48. The average Bonchev–Trinajstić information content (AvgIpc) is 2.58. The lowest BCUT2D eigenvalue weighted by Gasteiger charge is -2.31. The number of fused-ring (bicyclic) bond motifs is 1. The number of anilines is 2. The van der Waals surface area contributed by atoms with Gasteiger partial charge in [0.2, 0.25) is 5.95 Å². The smallest absolute Gasteiger partial charge is 0.222 e. The normalized spacial score (nSPS) is 22.9. The van der Waals surface area contributed by atoms with E-state index in [1.165, 1.54) is 11.1 Å². The van der Waals surface area contributed by atoms with Gasteiger partial charge in [-0.1, -0.05) is 24.3 Å². The number of nitrogens with zero attached hydrogens (tertiary/aromatic N) is 3. The molecule has 4 rings (SSSR count). The number of nitrogen functional groups attached to an aromatic ring is 1. The SMILES string of the molecule is Nc1nc(NCCN2CCc3ccccc3C2)cc(C2CC(O)C2)n1. The van der Waals surface area contributed by atoms with E-state index in [-0.39, 0.29) is 6.10 Å². The van der Waals surface area contributed by atoms with E-state index >= 15 is 0 Å². The number of nitrogens with one attached hydrogen (secondary N) is 1. The van der Waals surface area contributed by atoms with Crippen molar-refractivity contribution in [3.8, 4) is 0 Å². The molecule has 2 heterocycles. The highest BCUT2D eigenvalue weighted by molar-refractivity contribution is 5.42. The van der Waals surface area contributed by atoms with Crippen LogP contribution < -0.4 is 11.1 Å². The first-order valence-corrected chi connectivity index (χ1v) is 9.03. The Hall–Kier alpha value is -2.18. The van der Waals surface area contributed by atoms with Gasteiger partial charge < -0.3 is 16.2 Å². The molecule has 132 valence electrons. The fraction of sp³-hybridized carbons (Fsp3) is 0.474. The topological polar surface area (TPSA) is 87.3 Å². The monoisotopic (exact) mass is 339 g/mol. The lowest BCUT2D eigenvalue weighted by Crippen LogP contribution is -2.34. The highest BCUT2D eigenvalue weighted by atomic mass is 16.3. The number of hydrogen-bond donors (Lipinski definition) is 3. The van der Waals surface area contributed by atoms with Crippen molar-refractivity contribution in [1.82, 2.24) is 14.9 Å². The van der Waals surface area contributed by atoms with Crippen LogP contribution in [0.15, 0.2) is 30.3 Å². The van der Waals surface area contributed by atoms with Crippen LogP contribution in [0.3, 0.4) is 0 Å². The number of rotatable bonds is 5. The van der Waals surface area contributed by atoms with Crippen molar-refractivity contribution < 1.29 is 5.11 Å². The van der Waals surface area contributed by atoms with E-state index in [0.717, 1.165) is 57.0 Å². The summed E-state index contributed by atoms with van der Waals surface area (Å²) in [5, 5.41) is 12.9. The first-order valence-electron chi connectivity index (χ1n) is 9.03. The fourth-order valence-corrected chi connectivity index (χ4v) is 3.70. The van der Waals surface area contributed by atoms with Crippen LogP contribution in [0.4, 0.5) is 11.8 Å². The molecule has 1 aromatic carbocycles. The van der Waals surface area contributed by atoms with Crippen LogP contribution in [0.2, 0.25) is 0 Å². The van der Waals surface area contributed by atoms with Gasteiger partial charge in [0.05, 0.1) is 11.8 Å². The van der Waals surface area contributed by atoms with Crippen LogP contribution in [0.1, 0.15) is 35.6 Å². The van der Waals surface area contributed by atoms with Crippen molar-refractivity contribution in [2.24, 2.45) is 0 Å². The number of aliphatic hydroxyl groups excluding tert-OH is 1. The summed E-state index contributed by atoms with van der Waals surface area (Å²) in [6.07, 6.45) is 2.45. The number of nitrogens with two attached hydrogens (primary N) is 1. The lowest BCUT2D eigenvalue weighted by atomic mass is 9.80. The lowest BCUT2D eigenvalue weighted by molar-refractivity contribution is 0.0732. The molecule has 6 heteroatoms. The zero-order valence-electron chi connectivity index (χ0n) is 14.4. The third-order valence-electron chi connectivity index (χ3n) is 5.24. The van der Waals surface area contributed by atoms with Crippen LogP contribution >= 0.6 is 0 Å². The first kappa shape index (κ1) is 16.3. The summed E-state index contributed by atoms with van der Waals surface area (Å²) in [6.45, 7) is 3.89. The minimum Gasteiger partial charge on any atom is -0.393 e. The molecule has 6 nitrogen and oxygen atoms in total. The van der Waals surface area contributed by atoms with Gasteiger partial charge in [-0.05, 0) is 30.4 Å². The Labute approximate surface area is 148 Å². The third-order valence-corrected chi connectivity index (χ3v) is 5.24. The Morgan fingerprint density at radius 2 is 2.00 bits per heavy atom. The molecule has 1 aromatic heterocycles. The molecule has 25 heavy (non-hydrogen) atoms. The van der Waals surface area contributed by atoms with E-state index in [4.69, 9.17) is 5.73 Å². The molecule has 1 saturated carbocycles. The minimum absolute atomic E-state index is 0.195. The Balaban J connectivity index is 1.32. The summed E-state index contributed by atoms with van der Waals surface area (Å²) in [5.74, 6) is 1.38. The summed E-state index contributed by atoms with van der Waals surface area (Å²) < 4.78 is 0. The second-order valence-electron chi connectivity index (χ2n) is 7.08. The molecular formula is C19H25N5O. The summed E-state index contributed by atoms with van der Waals surface area (Å²) in [5.41, 5.74) is 9.69. The molecule has 1 fully saturated rings. The molecule has 2 aromatic rings. The molecule has 0 spiro atoms. The van der Waals surface area contributed by atoms with Crippen LogP contribution in [-0.2, 0) is 13.0 Å². The summed E-state index contributed by atoms with van der Waals surface area (Å²) in [6, 6.07) is 10.7. The summed E-state index contributed by atoms with van der Waals surface area (Å²) in [7, 11) is 0. The molecule has 0 saturated heterocycles. The molecule has 0 amide bonds. The number of hydrogen-bond acceptors (Lipinski definition) is 6. The van der Waals surface area contributed by atoms with Gasteiger partial charge in [0.1, 0.15) is 5.82 Å². The highest BCUT2D eigenvalue weighted by Crippen LogP contribution is 2.36. The molecule has 2 aliphatic rings. The molecule has 0 unspecified atom stereocenters. The Morgan fingerprint density at radius 1 is 1.20 bits per heavy atom. The van der Waals surface area contributed by atoms with E-state index in [9.17, 15) is 5.11 Å². The molecule has 1 aliphatic carbocycles. The molecule has 0 radical (unpaired) electrons. The number of aliphatic hydroxyl groups is 1. The van der Waals surface area contributed by atoms with Crippen molar-refractivity contribution in [2.45, 2.75) is 37.8 Å². The van der Waals surface area contributed by atoms with E-state index < -0.39 is 0 Å². The molecule has 0 bridgehead atoms. The van der Waals surface area contributed by atoms with Gasteiger partial charge >= 0.3 is 0 Å². The maximum Gasteiger partial charge on any atom is 0.222 e. The fourth-order valence-electron chi connectivity index (χ4n) is 3.70. The van der Waals surface area contributed by atoms with Gasteiger partial charge in [-0.25, -0.2) is 4.98 Å². The highest BCUT2D eigenvalue weighted by Gasteiger charge is 2.30. The van der Waals surface area contributed by atoms with Gasteiger partial charge in [-0.15, -0.1) is 0 Å². The number of aromatic nitrogens is 2. The third kappa shape index (κ3) is 3.75. The predicted octanol–water partition coefficient (Wildman–Crippen LogP) is 1.77. The van der Waals surface area contributed by atoms with Crippen LogP contribution in [0.5, 0.6) is 0 Å². The standard InChI is InChI=1S/C19H25N5O/c20-19-22-17(15-9-16(25)10-15)11-18(23-19)21-6-8-24-7-5-13-3-1-2-4-14(13)12-24/h1-4,11,15-16,25H,5-10,12H2,(H3,20,21,22,23). The van der Waals surface area contributed by atoms with Gasteiger partial charge in [-0.3, -0.25) is 4.90 Å². The van der Waals surface area contributed by atoms with Gasteiger partial charge in [-0.2, -0.15) is 4.98 Å². The van der Waals surface area contributed by atoms with Crippen molar-refractivity contribution >= 4 is 11.8 Å². The van der Waals surface area contributed by atoms with E-state index in [0.29, 0.717) is 11.9 Å². The van der Waals surface area contributed by atoms with Gasteiger partial charge in [0, 0.05) is 38.2 Å². The van der Waals surface area contributed by atoms with Crippen LogP contribution in [-0.4, -0.2) is 45.7 Å². The molecule has 1 aliphatic heterocycles. The molecular weight excluding hydrogens is 314 g/mol. The first-order chi connectivity index (χ1) is 12.2. The Morgan fingerprint density at radius 3 is 2.80 bits per heavy atom. The summed E-state index contributed by atoms with van der Waals surface area (Å²) >= 11 is 0. The van der Waals surface area contributed by atoms with Crippen molar-refractivity contribution in [3.05, 3.63) is 47.2 Å². The van der Waals surface area contributed by atoms with Crippen molar-refractivity contribution in [2.75, 3.05) is 30.7 Å². The Kier molecular flexibility index (Phi) is 4.55. The van der Waals surface area contributed by atoms with Gasteiger partial charge in [0.15, 0.2) is 0 Å². The van der Waals surface area contributed by atoms with Crippen LogP contribution in [0, 0.1) is 0 Å². The van der Waals surface area contributed by atoms with E-state index in [2.05, 4.69) is 44.5 Å². The van der Waals surface area contributed by atoms with Crippen LogP contribution in [0.25, 0.3) is 0 Å². The minimum atomic E-state index is -0.195. The zero-order valence-corrected chi connectivity index (χ0v) is 14.4. The second-order valence-corrected chi connectivity index (χ2v) is 7.08. The molecule has 0 atom stereocenters. The second kappa shape index (κ2) is 6.98. The zero-order chi connectivity index (χ0) is 17.2. The predicted molar refractivity (Wildman–Crippen MR) is 98.3 cm³/mol. The van der Waals surface area contributed by atoms with E-state index in [1.807, 2.05) is 6.07 Å². The van der Waals surface area contributed by atoms with Crippen molar-refractivity contribution in [1.29, 1.82) is 0 Å². The number of benzene rings is 1. The quantitative estimate of drug-likeness (QED) is 0.769. The summed E-state index contributed by atoms with van der Waals surface area (Å²) in [4.78, 5) is 11.1. The van der Waals surface area contributed by atoms with E-state index in [1.54, 1.807) is 0 Å². The molecule has 4 N–H and O–H groups in total. The van der Waals surface area contributed by atoms with Gasteiger partial charge in [0.25, 0.3) is 0 Å². The maximum atomic E-state index is 9.48. The largest absolute Gasteiger partial charge is 0.393 e. The Bertz CT molecular complexity index is 744. The van der Waals surface area contributed by atoms with Crippen molar-refractivity contribution in [3.63, 3.8) is 0 Å².